The van der Waals surface area contributed by atoms with Crippen LogP contribution in [0.4, 0.5) is 0 Å². The van der Waals surface area contributed by atoms with E-state index in [0.29, 0.717) is 13.1 Å². The smallest absolute Gasteiger partial charge is 0.237 e. The molecule has 0 heterocycles. The average Bonchev–Trinajstić information content (AvgIpc) is 2.26. The third kappa shape index (κ3) is 5.09. The van der Waals surface area contributed by atoms with E-state index in [2.05, 4.69) is 10.7 Å². The molecule has 2 atom stereocenters. The summed E-state index contributed by atoms with van der Waals surface area (Å²) >= 11 is 0. The van der Waals surface area contributed by atoms with Gasteiger partial charge in [0.2, 0.25) is 11.8 Å². The minimum atomic E-state index is -0.195. The lowest BCUT2D eigenvalue weighted by Gasteiger charge is -2.22. The minimum Gasteiger partial charge on any atom is -0.359 e. The third-order valence-electron chi connectivity index (χ3n) is 2.45. The monoisotopic (exact) mass is 230 g/mol. The highest BCUT2D eigenvalue weighted by Crippen LogP contribution is 2.02. The number of carbonyl (C=O) groups excluding carboxylic acids is 2. The van der Waals surface area contributed by atoms with Crippen LogP contribution in [0.5, 0.6) is 0 Å². The number of nitrogens with one attached hydrogen (secondary N) is 2. The zero-order valence-electron chi connectivity index (χ0n) is 10.4. The molecule has 6 nitrogen and oxygen atoms in total. The Morgan fingerprint density at radius 1 is 1.19 bits per heavy atom. The van der Waals surface area contributed by atoms with Gasteiger partial charge in [-0.3, -0.25) is 15.0 Å². The zero-order valence-corrected chi connectivity index (χ0v) is 10.4. The molecule has 0 aromatic carbocycles. The number of rotatable bonds is 6. The maximum atomic E-state index is 11.3. The van der Waals surface area contributed by atoms with Crippen molar-refractivity contribution in [2.75, 3.05) is 27.2 Å². The SMILES string of the molecule is CNC(=O)C(C)CN(C)CC(C)C(=O)NN. The molecule has 0 aliphatic rings. The lowest BCUT2D eigenvalue weighted by atomic mass is 10.1. The molecule has 0 fully saturated rings. The summed E-state index contributed by atoms with van der Waals surface area (Å²) in [5.41, 5.74) is 2.11. The topological polar surface area (TPSA) is 87.5 Å². The standard InChI is InChI=1S/C10H22N4O2/c1-7(9(15)12-3)5-14(4)6-8(2)10(16)13-11/h7-8H,5-6,11H2,1-4H3,(H,12,15)(H,13,16). The van der Waals surface area contributed by atoms with E-state index in [9.17, 15) is 9.59 Å². The van der Waals surface area contributed by atoms with Crippen molar-refractivity contribution in [2.45, 2.75) is 13.8 Å². The number of nitrogens with two attached hydrogens (primary N) is 1. The molecule has 0 rings (SSSR count). The van der Waals surface area contributed by atoms with Crippen molar-refractivity contribution in [3.63, 3.8) is 0 Å². The fraction of sp³-hybridized carbons (Fsp3) is 0.800. The number of hydrogen-bond acceptors (Lipinski definition) is 4. The Hall–Kier alpha value is -1.14. The van der Waals surface area contributed by atoms with Crippen LogP contribution >= 0.6 is 0 Å². The Morgan fingerprint density at radius 3 is 2.00 bits per heavy atom. The molecule has 0 aliphatic heterocycles. The van der Waals surface area contributed by atoms with Crippen LogP contribution in [0.25, 0.3) is 0 Å². The molecule has 0 aromatic rings. The number of amides is 2. The highest BCUT2D eigenvalue weighted by molar-refractivity contribution is 5.78. The first-order valence-corrected chi connectivity index (χ1v) is 5.33. The highest BCUT2D eigenvalue weighted by atomic mass is 16.2. The van der Waals surface area contributed by atoms with Crippen LogP contribution in [0.3, 0.4) is 0 Å². The van der Waals surface area contributed by atoms with Gasteiger partial charge in [-0.25, -0.2) is 5.84 Å². The first-order valence-electron chi connectivity index (χ1n) is 5.33. The van der Waals surface area contributed by atoms with Crippen LogP contribution in [0, 0.1) is 11.8 Å². The third-order valence-corrected chi connectivity index (χ3v) is 2.45. The second-order valence-corrected chi connectivity index (χ2v) is 4.15. The van der Waals surface area contributed by atoms with Crippen molar-refractivity contribution in [1.29, 1.82) is 0 Å². The van der Waals surface area contributed by atoms with Crippen molar-refractivity contribution in [3.05, 3.63) is 0 Å². The molecule has 6 heteroatoms. The molecule has 0 spiro atoms. The molecule has 0 saturated heterocycles. The fourth-order valence-corrected chi connectivity index (χ4v) is 1.56. The minimum absolute atomic E-state index is 0.00257. The normalized spacial score (nSPS) is 14.4. The molecule has 16 heavy (non-hydrogen) atoms. The summed E-state index contributed by atoms with van der Waals surface area (Å²) in [4.78, 5) is 24.4. The van der Waals surface area contributed by atoms with Crippen LogP contribution in [0.15, 0.2) is 0 Å². The van der Waals surface area contributed by atoms with Gasteiger partial charge in [-0.2, -0.15) is 0 Å². The van der Waals surface area contributed by atoms with Crippen LogP contribution in [-0.2, 0) is 9.59 Å². The molecule has 0 bridgehead atoms. The largest absolute Gasteiger partial charge is 0.359 e. The summed E-state index contributed by atoms with van der Waals surface area (Å²) in [5.74, 6) is 4.56. The molecular weight excluding hydrogens is 208 g/mol. The first-order chi connectivity index (χ1) is 7.42. The predicted octanol–water partition coefficient (Wildman–Crippen LogP) is -1.07. The summed E-state index contributed by atoms with van der Waals surface area (Å²) in [6.45, 7) is 4.83. The molecular formula is C10H22N4O2. The molecule has 94 valence electrons. The predicted molar refractivity (Wildman–Crippen MR) is 62.2 cm³/mol. The van der Waals surface area contributed by atoms with Gasteiger partial charge in [-0.15, -0.1) is 0 Å². The maximum Gasteiger partial charge on any atom is 0.237 e. The van der Waals surface area contributed by atoms with Gasteiger partial charge in [0.25, 0.3) is 0 Å². The van der Waals surface area contributed by atoms with Crippen molar-refractivity contribution in [3.8, 4) is 0 Å². The van der Waals surface area contributed by atoms with E-state index >= 15 is 0 Å². The van der Waals surface area contributed by atoms with E-state index in [4.69, 9.17) is 5.84 Å². The van der Waals surface area contributed by atoms with Crippen LogP contribution in [0.2, 0.25) is 0 Å². The maximum absolute atomic E-state index is 11.3. The Balaban J connectivity index is 4.03. The van der Waals surface area contributed by atoms with Crippen molar-refractivity contribution < 1.29 is 9.59 Å². The summed E-state index contributed by atoms with van der Waals surface area (Å²) in [6.07, 6.45) is 0. The second kappa shape index (κ2) is 7.19. The Labute approximate surface area is 96.5 Å². The van der Waals surface area contributed by atoms with Gasteiger partial charge in [0.15, 0.2) is 0 Å². The number of carbonyl (C=O) groups is 2. The van der Waals surface area contributed by atoms with E-state index in [1.54, 1.807) is 14.0 Å². The zero-order chi connectivity index (χ0) is 12.7. The summed E-state index contributed by atoms with van der Waals surface area (Å²) in [7, 11) is 3.49. The van der Waals surface area contributed by atoms with E-state index in [-0.39, 0.29) is 23.7 Å². The second-order valence-electron chi connectivity index (χ2n) is 4.15. The van der Waals surface area contributed by atoms with E-state index in [1.165, 1.54) is 0 Å². The van der Waals surface area contributed by atoms with Gasteiger partial charge >= 0.3 is 0 Å². The van der Waals surface area contributed by atoms with Crippen molar-refractivity contribution >= 4 is 11.8 Å². The van der Waals surface area contributed by atoms with Crippen LogP contribution in [0.1, 0.15) is 13.8 Å². The average molecular weight is 230 g/mol. The number of nitrogens with zero attached hydrogens (tertiary/aromatic N) is 1. The van der Waals surface area contributed by atoms with Gasteiger partial charge in [-0.05, 0) is 7.05 Å². The van der Waals surface area contributed by atoms with Gasteiger partial charge in [-0.1, -0.05) is 13.8 Å². The molecule has 2 unspecified atom stereocenters. The molecule has 0 saturated carbocycles. The van der Waals surface area contributed by atoms with E-state index in [1.807, 2.05) is 18.9 Å². The molecule has 0 radical (unpaired) electrons. The summed E-state index contributed by atoms with van der Waals surface area (Å²) in [6, 6.07) is 0. The number of hydrogen-bond donors (Lipinski definition) is 3. The highest BCUT2D eigenvalue weighted by Gasteiger charge is 2.17. The van der Waals surface area contributed by atoms with Gasteiger partial charge in [0.1, 0.15) is 0 Å². The van der Waals surface area contributed by atoms with Gasteiger partial charge in [0, 0.05) is 32.0 Å². The Morgan fingerprint density at radius 2 is 1.62 bits per heavy atom. The van der Waals surface area contributed by atoms with E-state index in [0.717, 1.165) is 0 Å². The van der Waals surface area contributed by atoms with E-state index < -0.39 is 0 Å². The van der Waals surface area contributed by atoms with Crippen LogP contribution < -0.4 is 16.6 Å². The molecule has 0 aliphatic carbocycles. The summed E-state index contributed by atoms with van der Waals surface area (Å²) < 4.78 is 0. The van der Waals surface area contributed by atoms with Crippen LogP contribution in [-0.4, -0.2) is 43.9 Å². The fourth-order valence-electron chi connectivity index (χ4n) is 1.56. The summed E-state index contributed by atoms with van der Waals surface area (Å²) in [5, 5.41) is 2.59. The van der Waals surface area contributed by atoms with Gasteiger partial charge in [0.05, 0.1) is 0 Å². The molecule has 4 N–H and O–H groups in total. The lowest BCUT2D eigenvalue weighted by molar-refractivity contribution is -0.125. The molecule has 2 amide bonds. The van der Waals surface area contributed by atoms with Crippen molar-refractivity contribution in [1.82, 2.24) is 15.6 Å². The Kier molecular flexibility index (Phi) is 6.67. The Bertz CT molecular complexity index is 221. The van der Waals surface area contributed by atoms with Crippen molar-refractivity contribution in [2.24, 2.45) is 17.7 Å². The van der Waals surface area contributed by atoms with Gasteiger partial charge < -0.3 is 10.2 Å². The lowest BCUT2D eigenvalue weighted by Crippen LogP contribution is -2.41. The molecule has 0 aromatic heterocycles. The quantitative estimate of drug-likeness (QED) is 0.308. The first kappa shape index (κ1) is 14.9. The number of hydrazine groups is 1.